The number of ketones is 1. The van der Waals surface area contributed by atoms with E-state index in [0.717, 1.165) is 36.0 Å². The number of halogens is 1. The van der Waals surface area contributed by atoms with Gasteiger partial charge in [-0.3, -0.25) is 4.79 Å². The number of hydrogen-bond donors (Lipinski definition) is 0. The third kappa shape index (κ3) is 3.92. The van der Waals surface area contributed by atoms with Crippen LogP contribution in [0.4, 0.5) is 4.39 Å². The molecule has 4 heteroatoms. The highest BCUT2D eigenvalue weighted by Crippen LogP contribution is 2.34. The van der Waals surface area contributed by atoms with Crippen LogP contribution in [0.1, 0.15) is 66.6 Å². The van der Waals surface area contributed by atoms with Crippen LogP contribution in [0.2, 0.25) is 0 Å². The van der Waals surface area contributed by atoms with Gasteiger partial charge in [0.25, 0.3) is 0 Å². The maximum absolute atomic E-state index is 13.9. The highest BCUT2D eigenvalue weighted by molar-refractivity contribution is 6.30. The van der Waals surface area contributed by atoms with Crippen LogP contribution in [0.5, 0.6) is 0 Å². The molecule has 1 aliphatic carbocycles. The van der Waals surface area contributed by atoms with Crippen molar-refractivity contribution >= 4 is 11.4 Å². The molecule has 0 unspecified atom stereocenters. The average Bonchev–Trinajstić information content (AvgIpc) is 3.12. The zero-order valence-electron chi connectivity index (χ0n) is 17.0. The number of Topliss-reactive ketones (excluding diaryl/α,β-unsaturated/α-hetero) is 1. The molecule has 1 saturated heterocycles. The first-order valence-corrected chi connectivity index (χ1v) is 10.5. The van der Waals surface area contributed by atoms with Gasteiger partial charge in [-0.1, -0.05) is 50.3 Å². The van der Waals surface area contributed by atoms with E-state index in [1.165, 1.54) is 12.1 Å². The molecule has 0 spiro atoms. The number of ether oxygens (including phenoxy) is 2. The fourth-order valence-corrected chi connectivity index (χ4v) is 4.32. The van der Waals surface area contributed by atoms with Crippen LogP contribution in [0.3, 0.4) is 0 Å². The summed E-state index contributed by atoms with van der Waals surface area (Å²) in [6.45, 7) is 4.74. The van der Waals surface area contributed by atoms with Gasteiger partial charge in [-0.15, -0.1) is 0 Å². The Morgan fingerprint density at radius 2 is 1.86 bits per heavy atom. The Balaban J connectivity index is 1.59. The standard InChI is InChI=1S/C25H27FO3/c1-3-25(4-2)28-16-20(29-25)9-7-11-22-21-10-6-5-8-17(21)14-18-12-13-19(26)15-23(18)24(22)27/h5-6,8,10-13,15,20H,3-4,7,9,14,16H2,1-2H3/t20-/m0/s1. The van der Waals surface area contributed by atoms with Crippen molar-refractivity contribution in [3.8, 4) is 0 Å². The number of carbonyl (C=O) groups is 1. The monoisotopic (exact) mass is 394 g/mol. The topological polar surface area (TPSA) is 35.5 Å². The molecule has 3 nitrogen and oxygen atoms in total. The molecule has 0 radical (unpaired) electrons. The number of allylic oxidation sites excluding steroid dienone is 2. The average molecular weight is 394 g/mol. The molecule has 29 heavy (non-hydrogen) atoms. The molecule has 1 heterocycles. The fourth-order valence-electron chi connectivity index (χ4n) is 4.32. The van der Waals surface area contributed by atoms with Crippen molar-refractivity contribution in [1.29, 1.82) is 0 Å². The lowest BCUT2D eigenvalue weighted by Crippen LogP contribution is -2.28. The Hall–Kier alpha value is -2.30. The van der Waals surface area contributed by atoms with Gasteiger partial charge in [-0.25, -0.2) is 4.39 Å². The van der Waals surface area contributed by atoms with Crippen molar-refractivity contribution in [3.05, 3.63) is 76.6 Å². The second-order valence-corrected chi connectivity index (χ2v) is 7.83. The molecule has 1 aliphatic heterocycles. The molecule has 0 saturated carbocycles. The van der Waals surface area contributed by atoms with E-state index in [1.54, 1.807) is 6.07 Å². The van der Waals surface area contributed by atoms with Crippen LogP contribution in [-0.2, 0) is 15.9 Å². The van der Waals surface area contributed by atoms with E-state index in [-0.39, 0.29) is 17.7 Å². The van der Waals surface area contributed by atoms with Crippen LogP contribution in [0, 0.1) is 5.82 Å². The van der Waals surface area contributed by atoms with E-state index >= 15 is 0 Å². The summed E-state index contributed by atoms with van der Waals surface area (Å²) in [6.07, 6.45) is 5.80. The van der Waals surface area contributed by atoms with Crippen LogP contribution in [-0.4, -0.2) is 24.3 Å². The number of fused-ring (bicyclic) bond motifs is 2. The second kappa shape index (κ2) is 8.21. The molecule has 2 aromatic rings. The Morgan fingerprint density at radius 1 is 1.10 bits per heavy atom. The first-order valence-electron chi connectivity index (χ1n) is 10.5. The summed E-state index contributed by atoms with van der Waals surface area (Å²) < 4.78 is 25.9. The van der Waals surface area contributed by atoms with Gasteiger partial charge in [-0.2, -0.15) is 0 Å². The number of hydrogen-bond acceptors (Lipinski definition) is 3. The summed E-state index contributed by atoms with van der Waals surface area (Å²) in [7, 11) is 0. The highest BCUT2D eigenvalue weighted by Gasteiger charge is 2.38. The third-order valence-electron chi connectivity index (χ3n) is 6.08. The number of carbonyl (C=O) groups excluding carboxylic acids is 1. The molecule has 0 bridgehead atoms. The lowest BCUT2D eigenvalue weighted by molar-refractivity contribution is -0.172. The predicted octanol–water partition coefficient (Wildman–Crippen LogP) is 5.71. The van der Waals surface area contributed by atoms with E-state index in [2.05, 4.69) is 13.8 Å². The maximum Gasteiger partial charge on any atom is 0.193 e. The first kappa shape index (κ1) is 20.0. The molecule has 2 aliphatic rings. The lowest BCUT2D eigenvalue weighted by Gasteiger charge is -2.24. The minimum absolute atomic E-state index is 0.0348. The lowest BCUT2D eigenvalue weighted by atomic mass is 9.95. The van der Waals surface area contributed by atoms with E-state index < -0.39 is 5.79 Å². The molecule has 0 amide bonds. The van der Waals surface area contributed by atoms with Crippen LogP contribution in [0.15, 0.2) is 48.5 Å². The van der Waals surface area contributed by atoms with E-state index in [0.29, 0.717) is 30.6 Å². The maximum atomic E-state index is 13.9. The minimum Gasteiger partial charge on any atom is -0.347 e. The van der Waals surface area contributed by atoms with Gasteiger partial charge in [0, 0.05) is 11.1 Å². The van der Waals surface area contributed by atoms with Crippen molar-refractivity contribution in [2.45, 2.75) is 57.8 Å². The zero-order valence-corrected chi connectivity index (χ0v) is 17.0. The van der Waals surface area contributed by atoms with Gasteiger partial charge < -0.3 is 9.47 Å². The van der Waals surface area contributed by atoms with Gasteiger partial charge in [0.2, 0.25) is 0 Å². The molecule has 4 rings (SSSR count). The van der Waals surface area contributed by atoms with Gasteiger partial charge >= 0.3 is 0 Å². The molecule has 0 N–H and O–H groups in total. The summed E-state index contributed by atoms with van der Waals surface area (Å²) >= 11 is 0. The molecule has 0 aromatic heterocycles. The summed E-state index contributed by atoms with van der Waals surface area (Å²) in [5.74, 6) is -0.946. The normalized spacial score (nSPS) is 21.7. The van der Waals surface area contributed by atoms with Gasteiger partial charge in [-0.05, 0) is 60.9 Å². The Labute approximate surface area is 171 Å². The van der Waals surface area contributed by atoms with Crippen LogP contribution >= 0.6 is 0 Å². The molecule has 152 valence electrons. The summed E-state index contributed by atoms with van der Waals surface area (Å²) in [5, 5.41) is 0. The summed E-state index contributed by atoms with van der Waals surface area (Å²) in [5.41, 5.74) is 4.02. The van der Waals surface area contributed by atoms with E-state index in [1.807, 2.05) is 30.3 Å². The van der Waals surface area contributed by atoms with E-state index in [9.17, 15) is 9.18 Å². The Kier molecular flexibility index (Phi) is 5.66. The number of rotatable bonds is 5. The van der Waals surface area contributed by atoms with Gasteiger partial charge in [0.15, 0.2) is 11.6 Å². The van der Waals surface area contributed by atoms with Crippen LogP contribution < -0.4 is 0 Å². The second-order valence-electron chi connectivity index (χ2n) is 7.83. The zero-order chi connectivity index (χ0) is 20.4. The summed E-state index contributed by atoms with van der Waals surface area (Å²) in [6, 6.07) is 12.5. The molecular weight excluding hydrogens is 367 g/mol. The first-order chi connectivity index (χ1) is 14.0. The molecule has 1 atom stereocenters. The number of benzene rings is 2. The van der Waals surface area contributed by atoms with Crippen LogP contribution in [0.25, 0.3) is 5.57 Å². The van der Waals surface area contributed by atoms with Crippen molar-refractivity contribution in [1.82, 2.24) is 0 Å². The smallest absolute Gasteiger partial charge is 0.193 e. The Bertz CT molecular complexity index is 943. The quantitative estimate of drug-likeness (QED) is 0.610. The van der Waals surface area contributed by atoms with Gasteiger partial charge in [0.1, 0.15) is 5.82 Å². The molecule has 2 aromatic carbocycles. The largest absolute Gasteiger partial charge is 0.347 e. The van der Waals surface area contributed by atoms with Crippen molar-refractivity contribution in [2.24, 2.45) is 0 Å². The fraction of sp³-hybridized carbons (Fsp3) is 0.400. The van der Waals surface area contributed by atoms with E-state index in [4.69, 9.17) is 9.47 Å². The van der Waals surface area contributed by atoms with Gasteiger partial charge in [0.05, 0.1) is 12.7 Å². The highest BCUT2D eigenvalue weighted by atomic mass is 19.1. The molecular formula is C25H27FO3. The minimum atomic E-state index is -0.459. The summed E-state index contributed by atoms with van der Waals surface area (Å²) in [4.78, 5) is 13.3. The SMILES string of the molecule is CCC1(CC)OC[C@H](CCC=C2C(=O)c3cc(F)ccc3Cc3ccccc32)O1. The Morgan fingerprint density at radius 3 is 2.62 bits per heavy atom. The predicted molar refractivity (Wildman–Crippen MR) is 111 cm³/mol. The van der Waals surface area contributed by atoms with Crippen molar-refractivity contribution < 1.29 is 18.7 Å². The van der Waals surface area contributed by atoms with Crippen molar-refractivity contribution in [3.63, 3.8) is 0 Å². The third-order valence-corrected chi connectivity index (χ3v) is 6.08. The molecule has 1 fully saturated rings. The van der Waals surface area contributed by atoms with Crippen molar-refractivity contribution in [2.75, 3.05) is 6.61 Å².